The van der Waals surface area contributed by atoms with Gasteiger partial charge < -0.3 is 14.7 Å². The Kier molecular flexibility index (Phi) is 6.48. The number of nitrogens with one attached hydrogen (secondary N) is 1. The van der Waals surface area contributed by atoms with Gasteiger partial charge in [0.2, 0.25) is 23.5 Å². The maximum absolute atomic E-state index is 12.3. The lowest BCUT2D eigenvalue weighted by Crippen LogP contribution is -2.42. The number of nitrogens with zero attached hydrogens (tertiary/aromatic N) is 3. The lowest BCUT2D eigenvalue weighted by atomic mass is 10.2. The molecule has 130 valence electrons. The molecule has 0 saturated carbocycles. The fourth-order valence-corrected chi connectivity index (χ4v) is 2.79. The zero-order valence-corrected chi connectivity index (χ0v) is 14.9. The maximum Gasteiger partial charge on any atom is 0.239 e. The molecule has 0 bridgehead atoms. The van der Waals surface area contributed by atoms with Gasteiger partial charge in [0.25, 0.3) is 0 Å². The minimum atomic E-state index is -0.155. The maximum atomic E-state index is 12.3. The minimum Gasteiger partial charge on any atom is -0.352 e. The molecule has 0 spiro atoms. The normalized spacial score (nSPS) is 10.8. The van der Waals surface area contributed by atoms with Gasteiger partial charge in [0.05, 0.1) is 6.54 Å². The smallest absolute Gasteiger partial charge is 0.239 e. The van der Waals surface area contributed by atoms with Crippen LogP contribution in [0.2, 0.25) is 0 Å². The van der Waals surface area contributed by atoms with Gasteiger partial charge in [-0.05, 0) is 32.2 Å². The molecule has 2 rings (SSSR count). The lowest BCUT2D eigenvalue weighted by molar-refractivity contribution is -0.136. The van der Waals surface area contributed by atoms with Crippen molar-refractivity contribution in [3.8, 4) is 11.4 Å². The highest BCUT2D eigenvalue weighted by Crippen LogP contribution is 2.19. The molecule has 0 fully saturated rings. The fraction of sp³-hybridized carbons (Fsp3) is 0.500. The van der Waals surface area contributed by atoms with Gasteiger partial charge in [0, 0.05) is 36.4 Å². The van der Waals surface area contributed by atoms with Crippen molar-refractivity contribution in [2.45, 2.75) is 39.7 Å². The Bertz CT molecular complexity index is 667. The number of hydrogen-bond acceptors (Lipinski definition) is 6. The molecule has 0 unspecified atom stereocenters. The van der Waals surface area contributed by atoms with E-state index in [1.165, 1.54) is 4.90 Å². The fourth-order valence-electron chi connectivity index (χ4n) is 2.15. The molecule has 0 radical (unpaired) electrons. The van der Waals surface area contributed by atoms with Gasteiger partial charge in [-0.25, -0.2) is 0 Å². The topological polar surface area (TPSA) is 88.3 Å². The summed E-state index contributed by atoms with van der Waals surface area (Å²) in [7, 11) is 0. The summed E-state index contributed by atoms with van der Waals surface area (Å²) >= 11 is 1.56. The van der Waals surface area contributed by atoms with Crippen molar-refractivity contribution in [2.24, 2.45) is 0 Å². The summed E-state index contributed by atoms with van der Waals surface area (Å²) in [6, 6.07) is 1.97. The number of hydrogen-bond donors (Lipinski definition) is 1. The molecule has 0 saturated heterocycles. The highest BCUT2D eigenvalue weighted by Gasteiger charge is 2.17. The molecule has 1 N–H and O–H groups in total. The van der Waals surface area contributed by atoms with E-state index >= 15 is 0 Å². The molecule has 2 amide bonds. The zero-order valence-electron chi connectivity index (χ0n) is 14.1. The molecule has 7 nitrogen and oxygen atoms in total. The highest BCUT2D eigenvalue weighted by atomic mass is 32.1. The van der Waals surface area contributed by atoms with Crippen LogP contribution in [0, 0.1) is 0 Å². The van der Waals surface area contributed by atoms with Gasteiger partial charge in [-0.1, -0.05) is 5.16 Å². The van der Waals surface area contributed by atoms with E-state index in [0.29, 0.717) is 24.7 Å². The molecule has 2 heterocycles. The number of carbonyl (C=O) groups is 2. The number of aryl methyl sites for hydroxylation is 1. The van der Waals surface area contributed by atoms with Crippen LogP contribution < -0.4 is 5.32 Å². The number of aromatic nitrogens is 2. The predicted molar refractivity (Wildman–Crippen MR) is 91.5 cm³/mol. The molecule has 0 aliphatic rings. The number of thiophene rings is 1. The van der Waals surface area contributed by atoms with Crippen LogP contribution in [-0.4, -0.2) is 46.0 Å². The van der Waals surface area contributed by atoms with Gasteiger partial charge in [0.15, 0.2) is 0 Å². The number of rotatable bonds is 8. The molecule has 2 aromatic heterocycles. The third kappa shape index (κ3) is 5.16. The van der Waals surface area contributed by atoms with Crippen LogP contribution in [0.25, 0.3) is 11.4 Å². The highest BCUT2D eigenvalue weighted by molar-refractivity contribution is 7.08. The second-order valence-electron chi connectivity index (χ2n) is 5.65. The summed E-state index contributed by atoms with van der Waals surface area (Å²) < 4.78 is 5.18. The van der Waals surface area contributed by atoms with Gasteiger partial charge in [-0.15, -0.1) is 0 Å². The van der Waals surface area contributed by atoms with Gasteiger partial charge in [-0.3, -0.25) is 9.59 Å². The van der Waals surface area contributed by atoms with Gasteiger partial charge in [0.1, 0.15) is 0 Å². The number of likely N-dealkylation sites (N-methyl/N-ethyl adjacent to an activating group) is 1. The van der Waals surface area contributed by atoms with Crippen molar-refractivity contribution >= 4 is 23.2 Å². The van der Waals surface area contributed by atoms with Crippen molar-refractivity contribution in [3.05, 3.63) is 22.7 Å². The van der Waals surface area contributed by atoms with Crippen LogP contribution in [0.1, 0.15) is 33.1 Å². The van der Waals surface area contributed by atoms with Crippen LogP contribution in [0.3, 0.4) is 0 Å². The first-order chi connectivity index (χ1) is 11.5. The summed E-state index contributed by atoms with van der Waals surface area (Å²) in [5.41, 5.74) is 0.905. The first-order valence-electron chi connectivity index (χ1n) is 7.92. The van der Waals surface area contributed by atoms with E-state index in [1.807, 2.05) is 37.6 Å². The lowest BCUT2D eigenvalue weighted by Gasteiger charge is -2.20. The van der Waals surface area contributed by atoms with Crippen molar-refractivity contribution in [3.63, 3.8) is 0 Å². The van der Waals surface area contributed by atoms with E-state index < -0.39 is 0 Å². The van der Waals surface area contributed by atoms with Crippen LogP contribution in [-0.2, 0) is 16.0 Å². The summed E-state index contributed by atoms with van der Waals surface area (Å²) in [5.74, 6) is 0.694. The molecule has 0 atom stereocenters. The molecule has 8 heteroatoms. The van der Waals surface area contributed by atoms with Crippen molar-refractivity contribution in [2.75, 3.05) is 13.1 Å². The minimum absolute atomic E-state index is 0.0558. The molecule has 0 aliphatic carbocycles. The first kappa shape index (κ1) is 18.1. The second-order valence-corrected chi connectivity index (χ2v) is 6.43. The van der Waals surface area contributed by atoms with Crippen LogP contribution in [0.15, 0.2) is 21.3 Å². The average molecular weight is 350 g/mol. The predicted octanol–water partition coefficient (Wildman–Crippen LogP) is 2.10. The summed E-state index contributed by atoms with van der Waals surface area (Å²) in [6.07, 6.45) is 0.590. The Morgan fingerprint density at radius 1 is 1.42 bits per heavy atom. The summed E-state index contributed by atoms with van der Waals surface area (Å²) in [4.78, 5) is 29.9. The third-order valence-corrected chi connectivity index (χ3v) is 4.00. The Morgan fingerprint density at radius 3 is 2.83 bits per heavy atom. The Balaban J connectivity index is 1.86. The quantitative estimate of drug-likeness (QED) is 0.788. The van der Waals surface area contributed by atoms with Crippen LogP contribution >= 0.6 is 11.3 Å². The average Bonchev–Trinajstić information content (AvgIpc) is 3.20. The van der Waals surface area contributed by atoms with E-state index in [1.54, 1.807) is 11.3 Å². The molecule has 2 aromatic rings. The Morgan fingerprint density at radius 2 is 2.21 bits per heavy atom. The molecular formula is C16H22N4O3S. The number of carbonyl (C=O) groups excluding carboxylic acids is 2. The van der Waals surface area contributed by atoms with E-state index in [4.69, 9.17) is 4.52 Å². The molecule has 24 heavy (non-hydrogen) atoms. The Hall–Kier alpha value is -2.22. The largest absolute Gasteiger partial charge is 0.352 e. The van der Waals surface area contributed by atoms with Crippen molar-refractivity contribution < 1.29 is 14.1 Å². The summed E-state index contributed by atoms with van der Waals surface area (Å²) in [5, 5.41) is 10.6. The van der Waals surface area contributed by atoms with E-state index in [9.17, 15) is 9.59 Å². The van der Waals surface area contributed by atoms with E-state index in [-0.39, 0.29) is 30.8 Å². The van der Waals surface area contributed by atoms with E-state index in [0.717, 1.165) is 5.56 Å². The Labute approximate surface area is 145 Å². The standard InChI is InChI=1S/C16H22N4O3S/c1-4-20(9-13(21)17-11(2)3)15(22)6-5-14-18-16(19-23-14)12-7-8-24-10-12/h7-8,10-11H,4-6,9H2,1-3H3,(H,17,21). The van der Waals surface area contributed by atoms with Crippen LogP contribution in [0.4, 0.5) is 0 Å². The zero-order chi connectivity index (χ0) is 17.5. The molecular weight excluding hydrogens is 328 g/mol. The second kappa shape index (κ2) is 8.58. The first-order valence-corrected chi connectivity index (χ1v) is 8.86. The SMILES string of the molecule is CCN(CC(=O)NC(C)C)C(=O)CCc1nc(-c2ccsc2)no1. The number of amides is 2. The van der Waals surface area contributed by atoms with Gasteiger partial charge in [-0.2, -0.15) is 16.3 Å². The third-order valence-electron chi connectivity index (χ3n) is 3.32. The van der Waals surface area contributed by atoms with Crippen LogP contribution in [0.5, 0.6) is 0 Å². The van der Waals surface area contributed by atoms with Gasteiger partial charge >= 0.3 is 0 Å². The molecule has 0 aliphatic heterocycles. The monoisotopic (exact) mass is 350 g/mol. The van der Waals surface area contributed by atoms with E-state index in [2.05, 4.69) is 15.5 Å². The van der Waals surface area contributed by atoms with Crippen molar-refractivity contribution in [1.29, 1.82) is 0 Å². The molecule has 0 aromatic carbocycles. The van der Waals surface area contributed by atoms with Crippen molar-refractivity contribution in [1.82, 2.24) is 20.4 Å². The summed E-state index contributed by atoms with van der Waals surface area (Å²) in [6.45, 7) is 6.17.